The number of benzene rings is 3. The van der Waals surface area contributed by atoms with Crippen molar-refractivity contribution in [3.63, 3.8) is 0 Å². The Morgan fingerprint density at radius 3 is 2.12 bits per heavy atom. The van der Waals surface area contributed by atoms with Crippen LogP contribution in [0.3, 0.4) is 0 Å². The van der Waals surface area contributed by atoms with E-state index in [4.69, 9.17) is 14.3 Å². The largest absolute Gasteiger partial charge is 0.496 e. The number of nitrogens with one attached hydrogen (secondary N) is 2. The van der Waals surface area contributed by atoms with E-state index < -0.39 is 39.9 Å². The van der Waals surface area contributed by atoms with Gasteiger partial charge >= 0.3 is 12.1 Å². The standard InChI is InChI=1S/C35H39N3O9S/c1-21-19-30(45-4)22(2)23(3)33(21)48(43,44)36-18-10-9-15-29(34(41)47-38-31(39)16-17-32(38)40)37-35(42)46-20-28-26-13-7-5-11-24(26)25-12-6-8-14-27(25)28/h5-8,11-14,19,28-29,36H,9-10,15-18,20H2,1-4H3,(H,37,42)/t29-/m0/s1. The van der Waals surface area contributed by atoms with Gasteiger partial charge in [0.25, 0.3) is 11.8 Å². The number of carbonyl (C=O) groups excluding carboxylic acids is 4. The number of ether oxygens (including phenoxy) is 2. The van der Waals surface area contributed by atoms with Crippen LogP contribution in [0.5, 0.6) is 5.75 Å². The summed E-state index contributed by atoms with van der Waals surface area (Å²) >= 11 is 0. The lowest BCUT2D eigenvalue weighted by molar-refractivity contribution is -0.199. The molecular formula is C35H39N3O9S. The molecule has 0 aromatic heterocycles. The van der Waals surface area contributed by atoms with E-state index in [9.17, 15) is 27.6 Å². The molecule has 1 fully saturated rings. The van der Waals surface area contributed by atoms with Gasteiger partial charge in [0, 0.05) is 25.3 Å². The molecule has 0 unspecified atom stereocenters. The van der Waals surface area contributed by atoms with Gasteiger partial charge in [-0.1, -0.05) is 48.5 Å². The quantitative estimate of drug-likeness (QED) is 0.195. The molecular weight excluding hydrogens is 638 g/mol. The zero-order valence-electron chi connectivity index (χ0n) is 27.3. The van der Waals surface area contributed by atoms with E-state index >= 15 is 0 Å². The second kappa shape index (κ2) is 14.6. The number of aryl methyl sites for hydroxylation is 1. The maximum atomic E-state index is 13.2. The highest BCUT2D eigenvalue weighted by atomic mass is 32.2. The monoisotopic (exact) mass is 677 g/mol. The van der Waals surface area contributed by atoms with Crippen molar-refractivity contribution in [3.8, 4) is 16.9 Å². The summed E-state index contributed by atoms with van der Waals surface area (Å²) in [6.45, 7) is 5.28. The molecule has 13 heteroatoms. The number of unbranched alkanes of at least 4 members (excludes halogenated alkanes) is 1. The van der Waals surface area contributed by atoms with Gasteiger partial charge in [-0.2, -0.15) is 0 Å². The van der Waals surface area contributed by atoms with Crippen LogP contribution in [-0.4, -0.2) is 63.7 Å². The fourth-order valence-electron chi connectivity index (χ4n) is 6.24. The minimum atomic E-state index is -3.86. The first-order chi connectivity index (χ1) is 22.9. The van der Waals surface area contributed by atoms with Crippen molar-refractivity contribution in [3.05, 3.63) is 82.4 Å². The molecule has 1 aliphatic heterocycles. The molecule has 2 N–H and O–H groups in total. The highest BCUT2D eigenvalue weighted by molar-refractivity contribution is 7.89. The molecule has 0 radical (unpaired) electrons. The van der Waals surface area contributed by atoms with Gasteiger partial charge in [-0.25, -0.2) is 22.7 Å². The molecule has 3 aromatic rings. The van der Waals surface area contributed by atoms with Crippen LogP contribution in [0.4, 0.5) is 4.79 Å². The average molecular weight is 678 g/mol. The van der Waals surface area contributed by atoms with E-state index in [2.05, 4.69) is 10.0 Å². The van der Waals surface area contributed by atoms with Gasteiger partial charge in [-0.05, 0) is 85.0 Å². The molecule has 2 aliphatic rings. The topological polar surface area (TPSA) is 157 Å². The molecule has 5 rings (SSSR count). The zero-order chi connectivity index (χ0) is 34.6. The number of fused-ring (bicyclic) bond motifs is 3. The fourth-order valence-corrected chi connectivity index (χ4v) is 7.84. The van der Waals surface area contributed by atoms with E-state index in [1.807, 2.05) is 48.5 Å². The second-order valence-electron chi connectivity index (χ2n) is 11.9. The van der Waals surface area contributed by atoms with Crippen LogP contribution in [0.25, 0.3) is 11.1 Å². The molecule has 1 saturated heterocycles. The van der Waals surface area contributed by atoms with Crippen molar-refractivity contribution < 1.29 is 41.9 Å². The van der Waals surface area contributed by atoms with Crippen molar-refractivity contribution in [1.29, 1.82) is 0 Å². The van der Waals surface area contributed by atoms with Gasteiger partial charge in [0.2, 0.25) is 10.0 Å². The first kappa shape index (κ1) is 34.6. The number of sulfonamides is 1. The molecule has 0 spiro atoms. The third-order valence-corrected chi connectivity index (χ3v) is 10.5. The summed E-state index contributed by atoms with van der Waals surface area (Å²) in [4.78, 5) is 55.6. The Morgan fingerprint density at radius 1 is 0.917 bits per heavy atom. The average Bonchev–Trinajstić information content (AvgIpc) is 3.56. The highest BCUT2D eigenvalue weighted by Crippen LogP contribution is 2.44. The van der Waals surface area contributed by atoms with Crippen molar-refractivity contribution in [1.82, 2.24) is 15.1 Å². The molecule has 0 bridgehead atoms. The number of hydrogen-bond donors (Lipinski definition) is 2. The van der Waals surface area contributed by atoms with Crippen LogP contribution >= 0.6 is 0 Å². The number of carbonyl (C=O) groups is 4. The van der Waals surface area contributed by atoms with Crippen molar-refractivity contribution >= 4 is 33.9 Å². The number of imide groups is 1. The Labute approximate surface area is 279 Å². The van der Waals surface area contributed by atoms with Crippen LogP contribution in [0.1, 0.15) is 65.8 Å². The molecule has 254 valence electrons. The minimum absolute atomic E-state index is 0.0101. The van der Waals surface area contributed by atoms with Crippen LogP contribution in [0.2, 0.25) is 0 Å². The maximum absolute atomic E-state index is 13.2. The lowest BCUT2D eigenvalue weighted by atomic mass is 9.98. The van der Waals surface area contributed by atoms with E-state index in [0.29, 0.717) is 28.4 Å². The number of alkyl carbamates (subject to hydrolysis) is 1. The summed E-state index contributed by atoms with van der Waals surface area (Å²) in [5.41, 5.74) is 6.01. The third kappa shape index (κ3) is 7.21. The second-order valence-corrected chi connectivity index (χ2v) is 13.6. The Morgan fingerprint density at radius 2 is 1.52 bits per heavy atom. The molecule has 1 atom stereocenters. The minimum Gasteiger partial charge on any atom is -0.496 e. The van der Waals surface area contributed by atoms with Crippen LogP contribution in [-0.2, 0) is 34.0 Å². The summed E-state index contributed by atoms with van der Waals surface area (Å²) in [5, 5.41) is 2.94. The molecule has 0 saturated carbocycles. The normalized spacial score (nSPS) is 14.8. The molecule has 48 heavy (non-hydrogen) atoms. The maximum Gasteiger partial charge on any atom is 0.407 e. The number of rotatable bonds is 13. The van der Waals surface area contributed by atoms with E-state index in [0.717, 1.165) is 27.8 Å². The van der Waals surface area contributed by atoms with Crippen molar-refractivity contribution in [2.45, 2.75) is 69.7 Å². The summed E-state index contributed by atoms with van der Waals surface area (Å²) in [6.07, 6.45) is -0.412. The predicted molar refractivity (Wildman–Crippen MR) is 175 cm³/mol. The summed E-state index contributed by atoms with van der Waals surface area (Å²) < 4.78 is 39.9. The summed E-state index contributed by atoms with van der Waals surface area (Å²) in [7, 11) is -2.33. The molecule has 12 nitrogen and oxygen atoms in total. The Bertz CT molecular complexity index is 1800. The van der Waals surface area contributed by atoms with Gasteiger partial charge in [0.15, 0.2) is 0 Å². The molecule has 3 amide bonds. The summed E-state index contributed by atoms with van der Waals surface area (Å²) in [5.74, 6) is -1.91. The lowest BCUT2D eigenvalue weighted by Crippen LogP contribution is -2.45. The van der Waals surface area contributed by atoms with Crippen LogP contribution in [0, 0.1) is 20.8 Å². The number of methoxy groups -OCH3 is 1. The highest BCUT2D eigenvalue weighted by Gasteiger charge is 2.36. The number of hydrogen-bond acceptors (Lipinski definition) is 9. The molecule has 1 aliphatic carbocycles. The van der Waals surface area contributed by atoms with Crippen molar-refractivity contribution in [2.75, 3.05) is 20.3 Å². The van der Waals surface area contributed by atoms with Crippen LogP contribution in [0.15, 0.2) is 59.5 Å². The van der Waals surface area contributed by atoms with Gasteiger partial charge in [0.1, 0.15) is 18.4 Å². The SMILES string of the molecule is COc1cc(C)c(S(=O)(=O)NCCCC[C@H](NC(=O)OCC2c3ccccc3-c3ccccc32)C(=O)ON2C(=O)CCC2=O)c(C)c1C. The first-order valence-electron chi connectivity index (χ1n) is 15.8. The van der Waals surface area contributed by atoms with E-state index in [1.54, 1.807) is 26.8 Å². The lowest BCUT2D eigenvalue weighted by Gasteiger charge is -2.21. The van der Waals surface area contributed by atoms with Gasteiger partial charge in [0.05, 0.1) is 12.0 Å². The van der Waals surface area contributed by atoms with E-state index in [1.165, 1.54) is 7.11 Å². The smallest absolute Gasteiger partial charge is 0.407 e. The number of hydroxylamine groups is 2. The van der Waals surface area contributed by atoms with E-state index in [-0.39, 0.29) is 49.6 Å². The molecule has 3 aromatic carbocycles. The van der Waals surface area contributed by atoms with Crippen LogP contribution < -0.4 is 14.8 Å². The Balaban J connectivity index is 1.21. The first-order valence-corrected chi connectivity index (χ1v) is 17.2. The number of amides is 3. The fraction of sp³-hybridized carbons (Fsp3) is 0.371. The Kier molecular flexibility index (Phi) is 10.5. The van der Waals surface area contributed by atoms with Gasteiger partial charge in [-0.3, -0.25) is 9.59 Å². The van der Waals surface area contributed by atoms with Crippen molar-refractivity contribution in [2.24, 2.45) is 0 Å². The Hall–Kier alpha value is -4.75. The predicted octanol–water partition coefficient (Wildman–Crippen LogP) is 4.58. The molecule has 1 heterocycles. The van der Waals surface area contributed by atoms with Gasteiger partial charge in [-0.15, -0.1) is 5.06 Å². The summed E-state index contributed by atoms with van der Waals surface area (Å²) in [6, 6.07) is 16.1. The zero-order valence-corrected chi connectivity index (χ0v) is 28.1. The van der Waals surface area contributed by atoms with Gasteiger partial charge < -0.3 is 19.6 Å². The third-order valence-electron chi connectivity index (χ3n) is 8.79. The number of nitrogens with zero attached hydrogens (tertiary/aromatic N) is 1.